The standard InChI is InChI=1S/C13H10BrN3/c1-8-6-7-15-13-11(8)16-12(17-13)9-4-2-3-5-10(9)14/h2-7H,1H3,(H,15,16,17). The van der Waals surface area contributed by atoms with Crippen molar-refractivity contribution in [2.24, 2.45) is 0 Å². The highest BCUT2D eigenvalue weighted by Crippen LogP contribution is 2.27. The smallest absolute Gasteiger partial charge is 0.178 e. The molecule has 2 heterocycles. The van der Waals surface area contributed by atoms with E-state index in [-0.39, 0.29) is 0 Å². The fourth-order valence-electron chi connectivity index (χ4n) is 1.82. The summed E-state index contributed by atoms with van der Waals surface area (Å²) in [5.74, 6) is 0.842. The number of imidazole rings is 1. The van der Waals surface area contributed by atoms with E-state index in [0.29, 0.717) is 0 Å². The third-order valence-electron chi connectivity index (χ3n) is 2.73. The molecule has 0 bridgehead atoms. The van der Waals surface area contributed by atoms with Gasteiger partial charge in [-0.3, -0.25) is 0 Å². The van der Waals surface area contributed by atoms with Gasteiger partial charge in [0.2, 0.25) is 0 Å². The van der Waals surface area contributed by atoms with Gasteiger partial charge in [-0.1, -0.05) is 34.1 Å². The molecule has 0 saturated carbocycles. The van der Waals surface area contributed by atoms with Crippen LogP contribution in [0, 0.1) is 6.92 Å². The van der Waals surface area contributed by atoms with Crippen molar-refractivity contribution >= 4 is 27.1 Å². The van der Waals surface area contributed by atoms with Crippen LogP contribution in [0.1, 0.15) is 5.56 Å². The minimum atomic E-state index is 0.760. The van der Waals surface area contributed by atoms with Crippen LogP contribution < -0.4 is 0 Å². The molecule has 4 heteroatoms. The maximum Gasteiger partial charge on any atom is 0.178 e. The number of hydrogen-bond acceptors (Lipinski definition) is 2. The van der Waals surface area contributed by atoms with E-state index < -0.39 is 0 Å². The van der Waals surface area contributed by atoms with E-state index in [2.05, 4.69) is 30.9 Å². The van der Waals surface area contributed by atoms with Gasteiger partial charge in [0, 0.05) is 16.2 Å². The number of fused-ring (bicyclic) bond motifs is 1. The number of aryl methyl sites for hydroxylation is 1. The molecule has 0 fully saturated rings. The lowest BCUT2D eigenvalue weighted by atomic mass is 10.2. The Bertz CT molecular complexity index is 688. The number of hydrogen-bond donors (Lipinski definition) is 1. The zero-order chi connectivity index (χ0) is 11.8. The van der Waals surface area contributed by atoms with Crippen molar-refractivity contribution in [3.05, 3.63) is 46.6 Å². The summed E-state index contributed by atoms with van der Waals surface area (Å²) in [7, 11) is 0. The van der Waals surface area contributed by atoms with Gasteiger partial charge in [-0.2, -0.15) is 0 Å². The van der Waals surface area contributed by atoms with Crippen LogP contribution in [0.3, 0.4) is 0 Å². The number of halogens is 1. The average molecular weight is 288 g/mol. The Morgan fingerprint density at radius 3 is 2.76 bits per heavy atom. The van der Waals surface area contributed by atoms with Gasteiger partial charge in [-0.05, 0) is 24.6 Å². The van der Waals surface area contributed by atoms with Gasteiger partial charge in [0.1, 0.15) is 5.82 Å². The van der Waals surface area contributed by atoms with Gasteiger partial charge >= 0.3 is 0 Å². The molecular formula is C13H10BrN3. The maximum atomic E-state index is 4.51. The van der Waals surface area contributed by atoms with Crippen molar-refractivity contribution in [1.29, 1.82) is 0 Å². The minimum Gasteiger partial charge on any atom is -0.336 e. The molecule has 0 aliphatic rings. The molecule has 17 heavy (non-hydrogen) atoms. The van der Waals surface area contributed by atoms with Crippen molar-refractivity contribution in [2.75, 3.05) is 0 Å². The van der Waals surface area contributed by atoms with Crippen molar-refractivity contribution < 1.29 is 0 Å². The summed E-state index contributed by atoms with van der Waals surface area (Å²) in [6, 6.07) is 9.98. The van der Waals surface area contributed by atoms with E-state index in [1.54, 1.807) is 6.20 Å². The van der Waals surface area contributed by atoms with Gasteiger partial charge in [0.05, 0.1) is 5.52 Å². The number of pyridine rings is 1. The molecule has 0 amide bonds. The van der Waals surface area contributed by atoms with Crippen LogP contribution in [0.15, 0.2) is 41.0 Å². The van der Waals surface area contributed by atoms with Crippen LogP contribution in [0.5, 0.6) is 0 Å². The second-order valence-corrected chi connectivity index (χ2v) is 4.75. The molecule has 0 atom stereocenters. The second-order valence-electron chi connectivity index (χ2n) is 3.89. The van der Waals surface area contributed by atoms with Gasteiger partial charge in [-0.25, -0.2) is 9.97 Å². The number of nitrogens with zero attached hydrogens (tertiary/aromatic N) is 2. The second kappa shape index (κ2) is 3.96. The minimum absolute atomic E-state index is 0.760. The predicted octanol–water partition coefficient (Wildman–Crippen LogP) is 3.70. The van der Waals surface area contributed by atoms with Crippen LogP contribution >= 0.6 is 15.9 Å². The van der Waals surface area contributed by atoms with Crippen LogP contribution in [-0.4, -0.2) is 15.0 Å². The molecule has 84 valence electrons. The summed E-state index contributed by atoms with van der Waals surface area (Å²) in [6.07, 6.45) is 1.78. The molecular weight excluding hydrogens is 278 g/mol. The zero-order valence-corrected chi connectivity index (χ0v) is 10.8. The summed E-state index contributed by atoms with van der Waals surface area (Å²) >= 11 is 3.53. The van der Waals surface area contributed by atoms with Crippen LogP contribution in [0.4, 0.5) is 0 Å². The summed E-state index contributed by atoms with van der Waals surface area (Å²) in [5, 5.41) is 0. The Morgan fingerprint density at radius 1 is 1.18 bits per heavy atom. The fraction of sp³-hybridized carbons (Fsp3) is 0.0769. The molecule has 0 aliphatic carbocycles. The Labute approximate surface area is 107 Å². The highest BCUT2D eigenvalue weighted by atomic mass is 79.9. The molecule has 0 unspecified atom stereocenters. The molecule has 3 rings (SSSR count). The van der Waals surface area contributed by atoms with Gasteiger partial charge in [-0.15, -0.1) is 0 Å². The molecule has 1 aromatic carbocycles. The molecule has 1 N–H and O–H groups in total. The fourth-order valence-corrected chi connectivity index (χ4v) is 2.29. The SMILES string of the molecule is Cc1ccnc2nc(-c3ccccc3Br)[nH]c12. The lowest BCUT2D eigenvalue weighted by Gasteiger charge is -1.98. The Kier molecular flexibility index (Phi) is 2.44. The quantitative estimate of drug-likeness (QED) is 0.742. The van der Waals surface area contributed by atoms with Crippen LogP contribution in [-0.2, 0) is 0 Å². The Hall–Kier alpha value is -1.68. The lowest BCUT2D eigenvalue weighted by molar-refractivity contribution is 1.29. The van der Waals surface area contributed by atoms with Gasteiger partial charge in [0.25, 0.3) is 0 Å². The van der Waals surface area contributed by atoms with E-state index in [9.17, 15) is 0 Å². The first-order valence-electron chi connectivity index (χ1n) is 5.32. The van der Waals surface area contributed by atoms with Crippen LogP contribution in [0.2, 0.25) is 0 Å². The molecule has 0 spiro atoms. The summed E-state index contributed by atoms with van der Waals surface area (Å²) in [4.78, 5) is 12.1. The summed E-state index contributed by atoms with van der Waals surface area (Å²) in [6.45, 7) is 2.05. The monoisotopic (exact) mass is 287 g/mol. The highest BCUT2D eigenvalue weighted by molar-refractivity contribution is 9.10. The molecule has 0 aliphatic heterocycles. The third-order valence-corrected chi connectivity index (χ3v) is 3.42. The number of H-pyrrole nitrogens is 1. The van der Waals surface area contributed by atoms with Crippen molar-refractivity contribution in [3.8, 4) is 11.4 Å². The van der Waals surface area contributed by atoms with Crippen molar-refractivity contribution in [3.63, 3.8) is 0 Å². The molecule has 2 aromatic heterocycles. The topological polar surface area (TPSA) is 41.6 Å². The molecule has 3 aromatic rings. The number of nitrogens with one attached hydrogen (secondary N) is 1. The predicted molar refractivity (Wildman–Crippen MR) is 71.8 cm³/mol. The van der Waals surface area contributed by atoms with Crippen molar-refractivity contribution in [2.45, 2.75) is 6.92 Å². The lowest BCUT2D eigenvalue weighted by Crippen LogP contribution is -1.81. The van der Waals surface area contributed by atoms with Crippen LogP contribution in [0.25, 0.3) is 22.6 Å². The van der Waals surface area contributed by atoms with Gasteiger partial charge in [0.15, 0.2) is 5.65 Å². The average Bonchev–Trinajstić information content (AvgIpc) is 2.75. The van der Waals surface area contributed by atoms with Gasteiger partial charge < -0.3 is 4.98 Å². The zero-order valence-electron chi connectivity index (χ0n) is 9.24. The first-order valence-corrected chi connectivity index (χ1v) is 6.11. The molecule has 3 nitrogen and oxygen atoms in total. The summed E-state index contributed by atoms with van der Waals surface area (Å²) in [5.41, 5.74) is 3.96. The third kappa shape index (κ3) is 1.74. The highest BCUT2D eigenvalue weighted by Gasteiger charge is 2.09. The Morgan fingerprint density at radius 2 is 2.00 bits per heavy atom. The normalized spacial score (nSPS) is 10.9. The van der Waals surface area contributed by atoms with E-state index in [1.807, 2.05) is 37.3 Å². The number of aromatic nitrogens is 3. The number of benzene rings is 1. The number of aromatic amines is 1. The van der Waals surface area contributed by atoms with E-state index >= 15 is 0 Å². The molecule has 0 radical (unpaired) electrons. The van der Waals surface area contributed by atoms with E-state index in [1.165, 1.54) is 0 Å². The summed E-state index contributed by atoms with van der Waals surface area (Å²) < 4.78 is 1.02. The van der Waals surface area contributed by atoms with E-state index in [4.69, 9.17) is 0 Å². The maximum absolute atomic E-state index is 4.51. The number of rotatable bonds is 1. The largest absolute Gasteiger partial charge is 0.336 e. The van der Waals surface area contributed by atoms with E-state index in [0.717, 1.165) is 32.6 Å². The first-order chi connectivity index (χ1) is 8.25. The van der Waals surface area contributed by atoms with Crippen molar-refractivity contribution in [1.82, 2.24) is 15.0 Å². The first kappa shape index (κ1) is 10.5. The molecule has 0 saturated heterocycles. The Balaban J connectivity index is 2.26.